The van der Waals surface area contributed by atoms with Crippen molar-refractivity contribution in [1.82, 2.24) is 0 Å². The Morgan fingerprint density at radius 2 is 2.00 bits per heavy atom. The van der Waals surface area contributed by atoms with Gasteiger partial charge >= 0.3 is 5.97 Å². The van der Waals surface area contributed by atoms with Crippen molar-refractivity contribution in [1.29, 1.82) is 0 Å². The molecule has 0 bridgehead atoms. The summed E-state index contributed by atoms with van der Waals surface area (Å²) in [6.07, 6.45) is 11.9. The van der Waals surface area contributed by atoms with Gasteiger partial charge in [-0.05, 0) is 65.7 Å². The molecule has 1 saturated carbocycles. The van der Waals surface area contributed by atoms with E-state index in [1.807, 2.05) is 12.2 Å². The normalized spacial score (nSPS) is 40.3. The molecular formula is C22H34O5. The van der Waals surface area contributed by atoms with Crippen LogP contribution in [0.1, 0.15) is 72.1 Å². The lowest BCUT2D eigenvalue weighted by atomic mass is 9.65. The topological polar surface area (TPSA) is 82.6 Å². The highest BCUT2D eigenvalue weighted by atomic mass is 16.6. The molecule has 0 amide bonds. The second-order valence-electron chi connectivity index (χ2n) is 9.10. The molecule has 5 nitrogen and oxygen atoms in total. The number of hydrogen-bond acceptors (Lipinski definition) is 4. The minimum Gasteiger partial charge on any atom is -0.481 e. The molecule has 0 aromatic rings. The first-order valence-electron chi connectivity index (χ1n) is 10.2. The lowest BCUT2D eigenvalue weighted by molar-refractivity contribution is -0.137. The van der Waals surface area contributed by atoms with Crippen LogP contribution in [0.25, 0.3) is 0 Å². The van der Waals surface area contributed by atoms with Crippen LogP contribution in [0.2, 0.25) is 0 Å². The summed E-state index contributed by atoms with van der Waals surface area (Å²) in [4.78, 5) is 10.6. The van der Waals surface area contributed by atoms with E-state index in [2.05, 4.69) is 26.8 Å². The number of ether oxygens (including phenoxy) is 2. The molecule has 2 saturated heterocycles. The molecule has 3 rings (SSSR count). The van der Waals surface area contributed by atoms with Crippen molar-refractivity contribution in [3.63, 3.8) is 0 Å². The van der Waals surface area contributed by atoms with E-state index >= 15 is 0 Å². The van der Waals surface area contributed by atoms with Crippen molar-refractivity contribution < 1.29 is 24.5 Å². The van der Waals surface area contributed by atoms with Crippen LogP contribution in [0.5, 0.6) is 0 Å². The average Bonchev–Trinajstić information content (AvgIpc) is 3.50. The molecule has 152 valence electrons. The van der Waals surface area contributed by atoms with Crippen molar-refractivity contribution in [2.45, 2.75) is 95.0 Å². The Kier molecular flexibility index (Phi) is 5.85. The van der Waals surface area contributed by atoms with E-state index in [4.69, 9.17) is 14.6 Å². The van der Waals surface area contributed by atoms with Gasteiger partial charge in [0.2, 0.25) is 0 Å². The first-order valence-corrected chi connectivity index (χ1v) is 10.2. The molecule has 2 heterocycles. The van der Waals surface area contributed by atoms with Crippen molar-refractivity contribution in [2.75, 3.05) is 6.61 Å². The van der Waals surface area contributed by atoms with Gasteiger partial charge in [0, 0.05) is 12.3 Å². The molecule has 1 aliphatic carbocycles. The summed E-state index contributed by atoms with van der Waals surface area (Å²) in [5.41, 5.74) is 0.285. The van der Waals surface area contributed by atoms with E-state index in [-0.39, 0.29) is 29.6 Å². The van der Waals surface area contributed by atoms with Gasteiger partial charge in [-0.2, -0.15) is 0 Å². The molecule has 3 aliphatic rings. The van der Waals surface area contributed by atoms with Crippen molar-refractivity contribution in [3.05, 3.63) is 23.8 Å². The van der Waals surface area contributed by atoms with Gasteiger partial charge in [-0.25, -0.2) is 0 Å². The van der Waals surface area contributed by atoms with E-state index in [1.165, 1.54) is 5.57 Å². The number of hydrogen-bond donors (Lipinski definition) is 2. The van der Waals surface area contributed by atoms with Gasteiger partial charge in [-0.15, -0.1) is 0 Å². The van der Waals surface area contributed by atoms with Crippen LogP contribution in [-0.4, -0.2) is 45.7 Å². The molecule has 5 unspecified atom stereocenters. The molecule has 3 fully saturated rings. The second kappa shape index (κ2) is 7.69. The van der Waals surface area contributed by atoms with Crippen LogP contribution < -0.4 is 0 Å². The lowest BCUT2D eigenvalue weighted by Gasteiger charge is -2.42. The van der Waals surface area contributed by atoms with E-state index in [0.29, 0.717) is 19.3 Å². The maximum atomic E-state index is 11.2. The number of epoxide rings is 2. The predicted molar refractivity (Wildman–Crippen MR) is 104 cm³/mol. The molecule has 0 radical (unpaired) electrons. The Labute approximate surface area is 162 Å². The highest BCUT2D eigenvalue weighted by molar-refractivity contribution is 5.66. The minimum absolute atomic E-state index is 0.0914. The first kappa shape index (κ1) is 20.6. The van der Waals surface area contributed by atoms with E-state index < -0.39 is 11.6 Å². The van der Waals surface area contributed by atoms with Gasteiger partial charge in [0.25, 0.3) is 0 Å². The van der Waals surface area contributed by atoms with Crippen LogP contribution in [-0.2, 0) is 14.3 Å². The zero-order valence-electron chi connectivity index (χ0n) is 16.9. The third kappa shape index (κ3) is 4.82. The summed E-state index contributed by atoms with van der Waals surface area (Å²) in [6, 6.07) is 0. The number of allylic oxidation sites excluding steroid dienone is 2. The Bertz CT molecular complexity index is 616. The van der Waals surface area contributed by atoms with Crippen molar-refractivity contribution in [3.8, 4) is 0 Å². The fraction of sp³-hybridized carbons (Fsp3) is 0.773. The minimum atomic E-state index is -0.757. The van der Waals surface area contributed by atoms with Gasteiger partial charge in [0.05, 0.1) is 29.5 Å². The first-order chi connectivity index (χ1) is 12.7. The van der Waals surface area contributed by atoms with E-state index in [0.717, 1.165) is 32.3 Å². The Balaban J connectivity index is 1.56. The third-order valence-electron chi connectivity index (χ3n) is 6.58. The van der Waals surface area contributed by atoms with Crippen molar-refractivity contribution in [2.24, 2.45) is 5.92 Å². The second-order valence-corrected chi connectivity index (χ2v) is 9.10. The predicted octanol–water partition coefficient (Wildman–Crippen LogP) is 4.00. The maximum Gasteiger partial charge on any atom is 0.303 e. The lowest BCUT2D eigenvalue weighted by Crippen LogP contribution is -2.49. The highest BCUT2D eigenvalue weighted by Gasteiger charge is 2.69. The molecule has 5 atom stereocenters. The number of carboxylic acids is 1. The summed E-state index contributed by atoms with van der Waals surface area (Å²) in [5.74, 6) is -0.535. The number of unbranched alkanes of at least 4 members (excludes halogenated alkanes) is 1. The summed E-state index contributed by atoms with van der Waals surface area (Å²) >= 11 is 0. The summed E-state index contributed by atoms with van der Waals surface area (Å²) in [7, 11) is 0. The van der Waals surface area contributed by atoms with Gasteiger partial charge in [0.1, 0.15) is 0 Å². The number of carbonyl (C=O) groups is 1. The molecule has 5 heteroatoms. The Morgan fingerprint density at radius 3 is 2.63 bits per heavy atom. The standard InChI is InChI=1S/C22H34O5/c1-16(2)9-10-18-20(3,27-18)17-14-21(25,12-13-22(17)15-26-22)11-7-5-4-6-8-19(23)24/h5,7,9,17-18,25H,4,6,8,10-15H2,1-3H3,(H,23,24). The molecule has 1 spiro atoms. The Hall–Kier alpha value is -1.17. The quantitative estimate of drug-likeness (QED) is 0.360. The third-order valence-corrected chi connectivity index (χ3v) is 6.58. The van der Waals surface area contributed by atoms with Crippen LogP contribution in [0.15, 0.2) is 23.8 Å². The fourth-order valence-corrected chi connectivity index (χ4v) is 4.63. The van der Waals surface area contributed by atoms with Crippen LogP contribution >= 0.6 is 0 Å². The largest absolute Gasteiger partial charge is 0.481 e. The highest BCUT2D eigenvalue weighted by Crippen LogP contribution is 2.60. The molecule has 2 N–H and O–H groups in total. The van der Waals surface area contributed by atoms with Crippen LogP contribution in [0.3, 0.4) is 0 Å². The summed E-state index contributed by atoms with van der Waals surface area (Å²) < 4.78 is 12.0. The average molecular weight is 379 g/mol. The Morgan fingerprint density at radius 1 is 1.26 bits per heavy atom. The van der Waals surface area contributed by atoms with Gasteiger partial charge in [-0.3, -0.25) is 4.79 Å². The molecule has 0 aromatic carbocycles. The van der Waals surface area contributed by atoms with Gasteiger partial charge in [0.15, 0.2) is 0 Å². The smallest absolute Gasteiger partial charge is 0.303 e. The number of carboxylic acid groups (broad SMARTS) is 1. The molecular weight excluding hydrogens is 344 g/mol. The van der Waals surface area contributed by atoms with Gasteiger partial charge < -0.3 is 19.7 Å². The van der Waals surface area contributed by atoms with Crippen molar-refractivity contribution >= 4 is 5.97 Å². The maximum absolute atomic E-state index is 11.2. The summed E-state index contributed by atoms with van der Waals surface area (Å²) in [5, 5.41) is 19.9. The number of rotatable bonds is 9. The zero-order chi connectivity index (χ0) is 19.7. The van der Waals surface area contributed by atoms with E-state index in [1.54, 1.807) is 0 Å². The van der Waals surface area contributed by atoms with Gasteiger partial charge in [-0.1, -0.05) is 23.8 Å². The fourth-order valence-electron chi connectivity index (χ4n) is 4.63. The van der Waals surface area contributed by atoms with E-state index in [9.17, 15) is 9.90 Å². The monoisotopic (exact) mass is 378 g/mol. The van der Waals surface area contributed by atoms with Crippen LogP contribution in [0.4, 0.5) is 0 Å². The van der Waals surface area contributed by atoms with Crippen LogP contribution in [0, 0.1) is 5.92 Å². The molecule has 2 aliphatic heterocycles. The number of aliphatic carboxylic acids is 1. The zero-order valence-corrected chi connectivity index (χ0v) is 16.9. The summed E-state index contributed by atoms with van der Waals surface area (Å²) in [6.45, 7) is 7.17. The number of aliphatic hydroxyl groups is 1. The molecule has 0 aromatic heterocycles. The SMILES string of the molecule is CC(C)=CCC1OC1(C)C1CC(O)(CC=CCCCC(=O)O)CCC12CO2. The molecule has 27 heavy (non-hydrogen) atoms.